The third-order valence-corrected chi connectivity index (χ3v) is 6.00. The summed E-state index contributed by atoms with van der Waals surface area (Å²) in [7, 11) is 0. The number of ether oxygens (including phenoxy) is 2. The fourth-order valence-corrected chi connectivity index (χ4v) is 3.84. The van der Waals surface area contributed by atoms with Crippen LogP contribution in [0.5, 0.6) is 23.0 Å². The first-order valence-electron chi connectivity index (χ1n) is 12.8. The normalized spacial score (nSPS) is 11.0. The number of aromatic hydroxyl groups is 2. The summed E-state index contributed by atoms with van der Waals surface area (Å²) in [6, 6.07) is 33.0. The summed E-state index contributed by atoms with van der Waals surface area (Å²) in [5.74, 6) is -0.476. The van der Waals surface area contributed by atoms with Gasteiger partial charge in [-0.3, -0.25) is 9.98 Å². The standard InChI is InChI=1S/C34H24N2O6/c37-31-17-15-23(33(39)41-27-9-3-1-4-10-27)19-25(31)21-35-29-13-7-8-14-30(29)36-22-26-20-24(16-18-32(26)38)34(40)42-28-11-5-2-6-12-28/h1-22,37-38H. The van der Waals surface area contributed by atoms with Crippen LogP contribution in [0.1, 0.15) is 31.8 Å². The zero-order valence-corrected chi connectivity index (χ0v) is 22.1. The number of phenols is 2. The number of nitrogens with zero attached hydrogens (tertiary/aromatic N) is 2. The number of hydrogen-bond donors (Lipinski definition) is 2. The molecule has 206 valence electrons. The van der Waals surface area contributed by atoms with Gasteiger partial charge in [0.25, 0.3) is 0 Å². The van der Waals surface area contributed by atoms with Gasteiger partial charge in [0.1, 0.15) is 23.0 Å². The Morgan fingerprint density at radius 3 is 1.31 bits per heavy atom. The lowest BCUT2D eigenvalue weighted by molar-refractivity contribution is 0.0725. The molecule has 0 atom stereocenters. The highest BCUT2D eigenvalue weighted by Gasteiger charge is 2.13. The van der Waals surface area contributed by atoms with Crippen molar-refractivity contribution in [3.8, 4) is 23.0 Å². The molecule has 5 aromatic rings. The minimum absolute atomic E-state index is 0.0693. The molecule has 0 heterocycles. The quantitative estimate of drug-likeness (QED) is 0.120. The molecular formula is C34H24N2O6. The summed E-state index contributed by atoms with van der Waals surface area (Å²) in [6.45, 7) is 0. The summed E-state index contributed by atoms with van der Waals surface area (Å²) in [4.78, 5) is 34.1. The Labute approximate surface area is 241 Å². The van der Waals surface area contributed by atoms with Gasteiger partial charge in [-0.2, -0.15) is 0 Å². The van der Waals surface area contributed by atoms with Crippen LogP contribution < -0.4 is 9.47 Å². The maximum Gasteiger partial charge on any atom is 0.343 e. The van der Waals surface area contributed by atoms with Gasteiger partial charge in [0.2, 0.25) is 0 Å². The number of phenolic OH excluding ortho intramolecular Hbond substituents is 2. The van der Waals surface area contributed by atoms with E-state index in [1.807, 2.05) is 12.1 Å². The molecule has 0 unspecified atom stereocenters. The first kappa shape index (κ1) is 27.5. The lowest BCUT2D eigenvalue weighted by Gasteiger charge is -2.07. The summed E-state index contributed by atoms with van der Waals surface area (Å²) < 4.78 is 10.8. The molecule has 0 saturated carbocycles. The third-order valence-electron chi connectivity index (χ3n) is 6.00. The van der Waals surface area contributed by atoms with Crippen LogP contribution >= 0.6 is 0 Å². The van der Waals surface area contributed by atoms with Crippen molar-refractivity contribution in [2.75, 3.05) is 0 Å². The number of esters is 2. The van der Waals surface area contributed by atoms with E-state index in [4.69, 9.17) is 9.47 Å². The van der Waals surface area contributed by atoms with E-state index >= 15 is 0 Å². The molecule has 0 aliphatic heterocycles. The molecule has 0 radical (unpaired) electrons. The van der Waals surface area contributed by atoms with Crippen LogP contribution in [0.25, 0.3) is 0 Å². The van der Waals surface area contributed by atoms with E-state index in [-0.39, 0.29) is 22.6 Å². The van der Waals surface area contributed by atoms with Crippen LogP contribution in [-0.2, 0) is 0 Å². The molecule has 0 spiro atoms. The zero-order chi connectivity index (χ0) is 29.3. The van der Waals surface area contributed by atoms with Crippen molar-refractivity contribution < 1.29 is 29.3 Å². The SMILES string of the molecule is O=C(Oc1ccccc1)c1ccc(O)c(C=Nc2ccccc2N=Cc2cc(C(=O)Oc3ccccc3)ccc2O)c1. The van der Waals surface area contributed by atoms with Gasteiger partial charge < -0.3 is 19.7 Å². The number of carbonyl (C=O) groups excluding carboxylic acids is 2. The lowest BCUT2D eigenvalue weighted by Crippen LogP contribution is -2.08. The molecule has 0 saturated heterocycles. The molecule has 42 heavy (non-hydrogen) atoms. The van der Waals surface area contributed by atoms with E-state index in [1.165, 1.54) is 48.8 Å². The second-order valence-electron chi connectivity index (χ2n) is 8.96. The van der Waals surface area contributed by atoms with Crippen LogP contribution in [0.15, 0.2) is 131 Å². The van der Waals surface area contributed by atoms with Gasteiger partial charge >= 0.3 is 11.9 Å². The van der Waals surface area contributed by atoms with Crippen LogP contribution in [-0.4, -0.2) is 34.6 Å². The van der Waals surface area contributed by atoms with Crippen molar-refractivity contribution in [3.63, 3.8) is 0 Å². The first-order chi connectivity index (χ1) is 20.5. The molecule has 0 aromatic heterocycles. The molecule has 0 fully saturated rings. The van der Waals surface area contributed by atoms with Crippen molar-refractivity contribution in [1.82, 2.24) is 0 Å². The van der Waals surface area contributed by atoms with Crippen LogP contribution in [0.2, 0.25) is 0 Å². The largest absolute Gasteiger partial charge is 0.507 e. The Morgan fingerprint density at radius 2 is 0.905 bits per heavy atom. The average Bonchev–Trinajstić information content (AvgIpc) is 3.01. The molecular weight excluding hydrogens is 532 g/mol. The molecule has 5 rings (SSSR count). The number of rotatable bonds is 8. The predicted molar refractivity (Wildman–Crippen MR) is 160 cm³/mol. The van der Waals surface area contributed by atoms with E-state index in [0.717, 1.165) is 0 Å². The lowest BCUT2D eigenvalue weighted by atomic mass is 10.1. The third kappa shape index (κ3) is 6.94. The Bertz CT molecular complexity index is 1650. The summed E-state index contributed by atoms with van der Waals surface area (Å²) in [5.41, 5.74) is 2.02. The Morgan fingerprint density at radius 1 is 0.524 bits per heavy atom. The predicted octanol–water partition coefficient (Wildman–Crippen LogP) is 7.04. The summed E-state index contributed by atoms with van der Waals surface area (Å²) >= 11 is 0. The van der Waals surface area contributed by atoms with Gasteiger partial charge in [-0.05, 0) is 72.8 Å². The Hall–Kier alpha value is -6.02. The molecule has 0 aliphatic rings. The smallest absolute Gasteiger partial charge is 0.343 e. The molecule has 8 nitrogen and oxygen atoms in total. The number of para-hydroxylation sites is 4. The van der Waals surface area contributed by atoms with E-state index in [1.54, 1.807) is 72.8 Å². The first-order valence-corrected chi connectivity index (χ1v) is 12.8. The highest BCUT2D eigenvalue weighted by Crippen LogP contribution is 2.29. The van der Waals surface area contributed by atoms with Crippen LogP contribution in [0, 0.1) is 0 Å². The highest BCUT2D eigenvalue weighted by atomic mass is 16.5. The molecule has 2 N–H and O–H groups in total. The van der Waals surface area contributed by atoms with Gasteiger partial charge in [0, 0.05) is 23.6 Å². The highest BCUT2D eigenvalue weighted by molar-refractivity contribution is 5.97. The molecule has 0 amide bonds. The van der Waals surface area contributed by atoms with E-state index in [0.29, 0.717) is 34.0 Å². The molecule has 0 aliphatic carbocycles. The Kier molecular flexibility index (Phi) is 8.45. The van der Waals surface area contributed by atoms with Crippen molar-refractivity contribution in [1.29, 1.82) is 0 Å². The topological polar surface area (TPSA) is 118 Å². The molecule has 0 bridgehead atoms. The number of aliphatic imine (C=N–C) groups is 2. The minimum Gasteiger partial charge on any atom is -0.507 e. The fourth-order valence-electron chi connectivity index (χ4n) is 3.84. The Balaban J connectivity index is 1.34. The van der Waals surface area contributed by atoms with Gasteiger partial charge in [-0.15, -0.1) is 0 Å². The van der Waals surface area contributed by atoms with E-state index in [2.05, 4.69) is 9.98 Å². The van der Waals surface area contributed by atoms with Gasteiger partial charge in [-0.1, -0.05) is 48.5 Å². The van der Waals surface area contributed by atoms with Crippen molar-refractivity contribution >= 4 is 35.7 Å². The zero-order valence-electron chi connectivity index (χ0n) is 22.1. The van der Waals surface area contributed by atoms with Crippen LogP contribution in [0.3, 0.4) is 0 Å². The van der Waals surface area contributed by atoms with Crippen molar-refractivity contribution in [3.05, 3.63) is 144 Å². The fraction of sp³-hybridized carbons (Fsp3) is 0. The van der Waals surface area contributed by atoms with Gasteiger partial charge in [-0.25, -0.2) is 9.59 Å². The second kappa shape index (κ2) is 12.9. The molecule has 8 heteroatoms. The maximum atomic E-state index is 12.6. The summed E-state index contributed by atoms with van der Waals surface area (Å²) in [5, 5.41) is 20.7. The molecule has 5 aromatic carbocycles. The van der Waals surface area contributed by atoms with Crippen LogP contribution in [0.4, 0.5) is 11.4 Å². The van der Waals surface area contributed by atoms with Crippen molar-refractivity contribution in [2.45, 2.75) is 0 Å². The minimum atomic E-state index is -0.574. The van der Waals surface area contributed by atoms with Gasteiger partial charge in [0.15, 0.2) is 0 Å². The number of carbonyl (C=O) groups is 2. The second-order valence-corrected chi connectivity index (χ2v) is 8.96. The number of hydrogen-bond acceptors (Lipinski definition) is 8. The van der Waals surface area contributed by atoms with E-state index < -0.39 is 11.9 Å². The maximum absolute atomic E-state index is 12.6. The summed E-state index contributed by atoms with van der Waals surface area (Å²) in [6.07, 6.45) is 2.83. The monoisotopic (exact) mass is 556 g/mol. The average molecular weight is 557 g/mol. The van der Waals surface area contributed by atoms with Gasteiger partial charge in [0.05, 0.1) is 22.5 Å². The number of benzene rings is 5. The van der Waals surface area contributed by atoms with E-state index in [9.17, 15) is 19.8 Å². The van der Waals surface area contributed by atoms with Crippen molar-refractivity contribution in [2.24, 2.45) is 9.98 Å².